The standard InChI is InChI=1S/C52H31N5OS/c1-4-13-32(14-5-1)34-24-27-43-46(31-34)58-52(53-43)36-25-28-47-42(29-36)40-20-12-21-41(48(40)59-47)51-55-49(33-15-6-2-7-16-33)54-50(56-51)35-23-26-39-38-19-10-11-22-44(38)57(45(39)30-35)37-17-8-3-9-18-37/h1-31H. The Bertz CT molecular complexity index is 3550. The van der Waals surface area contributed by atoms with Gasteiger partial charge in [0.05, 0.1) is 11.0 Å². The Morgan fingerprint density at radius 2 is 1.07 bits per heavy atom. The van der Waals surface area contributed by atoms with Crippen molar-refractivity contribution in [2.24, 2.45) is 0 Å². The maximum atomic E-state index is 6.40. The molecule has 6 nitrogen and oxygen atoms in total. The third-order valence-corrected chi connectivity index (χ3v) is 12.3. The summed E-state index contributed by atoms with van der Waals surface area (Å²) in [5.74, 6) is 2.47. The first-order valence-electron chi connectivity index (χ1n) is 19.5. The maximum absolute atomic E-state index is 6.40. The highest BCUT2D eigenvalue weighted by molar-refractivity contribution is 7.26. The number of aromatic nitrogens is 5. The predicted molar refractivity (Wildman–Crippen MR) is 242 cm³/mol. The number of para-hydroxylation sites is 2. The summed E-state index contributed by atoms with van der Waals surface area (Å²) in [7, 11) is 0. The van der Waals surface area contributed by atoms with Crippen molar-refractivity contribution in [2.45, 2.75) is 0 Å². The Morgan fingerprint density at radius 3 is 1.90 bits per heavy atom. The van der Waals surface area contributed by atoms with Gasteiger partial charge in [0, 0.05) is 58.9 Å². The van der Waals surface area contributed by atoms with E-state index in [4.69, 9.17) is 24.4 Å². The lowest BCUT2D eigenvalue weighted by Gasteiger charge is -2.10. The molecule has 0 saturated carbocycles. The second-order valence-electron chi connectivity index (χ2n) is 14.7. The number of thiophene rings is 1. The molecule has 7 heteroatoms. The molecule has 4 aromatic heterocycles. The van der Waals surface area contributed by atoms with Crippen molar-refractivity contribution >= 4 is 64.4 Å². The number of hydrogen-bond donors (Lipinski definition) is 0. The van der Waals surface area contributed by atoms with Gasteiger partial charge in [0.25, 0.3) is 0 Å². The molecular weight excluding hydrogens is 743 g/mol. The molecule has 0 amide bonds. The van der Waals surface area contributed by atoms with Gasteiger partial charge in [-0.15, -0.1) is 11.3 Å². The van der Waals surface area contributed by atoms with Crippen LogP contribution >= 0.6 is 11.3 Å². The highest BCUT2D eigenvalue weighted by Crippen LogP contribution is 2.42. The highest BCUT2D eigenvalue weighted by Gasteiger charge is 2.20. The van der Waals surface area contributed by atoms with Crippen molar-refractivity contribution in [3.63, 3.8) is 0 Å². The minimum Gasteiger partial charge on any atom is -0.436 e. The smallest absolute Gasteiger partial charge is 0.227 e. The van der Waals surface area contributed by atoms with Crippen LogP contribution in [0.4, 0.5) is 0 Å². The lowest BCUT2D eigenvalue weighted by Crippen LogP contribution is -2.00. The summed E-state index contributed by atoms with van der Waals surface area (Å²) in [5.41, 5.74) is 10.9. The van der Waals surface area contributed by atoms with Crippen LogP contribution in [0.25, 0.3) is 116 Å². The number of benzene rings is 8. The van der Waals surface area contributed by atoms with Gasteiger partial charge in [0.1, 0.15) is 5.52 Å². The molecule has 12 aromatic rings. The number of hydrogen-bond acceptors (Lipinski definition) is 6. The molecule has 0 bridgehead atoms. The molecule has 12 rings (SSSR count). The summed E-state index contributed by atoms with van der Waals surface area (Å²) in [6.45, 7) is 0. The Kier molecular flexibility index (Phi) is 7.61. The lowest BCUT2D eigenvalue weighted by atomic mass is 10.1. The van der Waals surface area contributed by atoms with E-state index in [0.717, 1.165) is 81.4 Å². The average Bonchev–Trinajstić information content (AvgIpc) is 4.01. The van der Waals surface area contributed by atoms with Gasteiger partial charge >= 0.3 is 0 Å². The van der Waals surface area contributed by atoms with Crippen molar-refractivity contribution in [1.82, 2.24) is 24.5 Å². The topological polar surface area (TPSA) is 69.6 Å². The molecule has 4 heterocycles. The quantitative estimate of drug-likeness (QED) is 0.168. The second kappa shape index (κ2) is 13.4. The largest absolute Gasteiger partial charge is 0.436 e. The van der Waals surface area contributed by atoms with Crippen LogP contribution in [-0.2, 0) is 0 Å². The number of oxazole rings is 1. The molecule has 0 aliphatic heterocycles. The van der Waals surface area contributed by atoms with Crippen LogP contribution in [-0.4, -0.2) is 24.5 Å². The van der Waals surface area contributed by atoms with Crippen LogP contribution in [0.1, 0.15) is 0 Å². The number of nitrogens with zero attached hydrogens (tertiary/aromatic N) is 5. The molecule has 0 atom stereocenters. The number of fused-ring (bicyclic) bond motifs is 7. The van der Waals surface area contributed by atoms with Crippen molar-refractivity contribution < 1.29 is 4.42 Å². The van der Waals surface area contributed by atoms with Crippen LogP contribution in [0.15, 0.2) is 192 Å². The lowest BCUT2D eigenvalue weighted by molar-refractivity contribution is 0.620. The second-order valence-corrected chi connectivity index (χ2v) is 15.7. The Morgan fingerprint density at radius 1 is 0.407 bits per heavy atom. The maximum Gasteiger partial charge on any atom is 0.227 e. The van der Waals surface area contributed by atoms with Gasteiger partial charge in [0.15, 0.2) is 23.1 Å². The van der Waals surface area contributed by atoms with Crippen molar-refractivity contribution in [3.05, 3.63) is 188 Å². The third-order valence-electron chi connectivity index (χ3n) is 11.1. The van der Waals surface area contributed by atoms with E-state index >= 15 is 0 Å². The fraction of sp³-hybridized carbons (Fsp3) is 0. The van der Waals surface area contributed by atoms with E-state index in [-0.39, 0.29) is 0 Å². The van der Waals surface area contributed by atoms with E-state index in [1.54, 1.807) is 11.3 Å². The molecule has 0 saturated heterocycles. The molecule has 0 spiro atoms. The van der Waals surface area contributed by atoms with Gasteiger partial charge in [-0.25, -0.2) is 19.9 Å². The Labute approximate surface area is 342 Å². The van der Waals surface area contributed by atoms with E-state index in [0.29, 0.717) is 23.4 Å². The molecule has 59 heavy (non-hydrogen) atoms. The molecule has 0 unspecified atom stereocenters. The van der Waals surface area contributed by atoms with E-state index in [1.165, 1.54) is 10.8 Å². The van der Waals surface area contributed by atoms with E-state index in [9.17, 15) is 0 Å². The van der Waals surface area contributed by atoms with Crippen LogP contribution in [0, 0.1) is 0 Å². The minimum absolute atomic E-state index is 0.598. The molecule has 0 aliphatic carbocycles. The summed E-state index contributed by atoms with van der Waals surface area (Å²) in [4.78, 5) is 20.4. The molecule has 0 radical (unpaired) electrons. The van der Waals surface area contributed by atoms with Crippen LogP contribution < -0.4 is 0 Å². The highest BCUT2D eigenvalue weighted by atomic mass is 32.1. The summed E-state index contributed by atoms with van der Waals surface area (Å²) in [5, 5.41) is 4.64. The average molecular weight is 774 g/mol. The van der Waals surface area contributed by atoms with Gasteiger partial charge in [-0.05, 0) is 71.8 Å². The molecule has 0 fully saturated rings. The minimum atomic E-state index is 0.598. The first-order valence-corrected chi connectivity index (χ1v) is 20.4. The molecular formula is C52H31N5OS. The summed E-state index contributed by atoms with van der Waals surface area (Å²) in [6.07, 6.45) is 0. The van der Waals surface area contributed by atoms with Gasteiger partial charge in [-0.2, -0.15) is 0 Å². The van der Waals surface area contributed by atoms with Crippen LogP contribution in [0.3, 0.4) is 0 Å². The summed E-state index contributed by atoms with van der Waals surface area (Å²) >= 11 is 1.74. The van der Waals surface area contributed by atoms with E-state index in [2.05, 4.69) is 150 Å². The SMILES string of the molecule is c1ccc(-c2ccc3nc(-c4ccc5sc6c(-c7nc(-c8ccccc8)nc(-c8ccc9c%10ccccc%10n(-c%10ccccc%10)c9c8)n7)cccc6c5c4)oc3c2)cc1. The van der Waals surface area contributed by atoms with Crippen LogP contribution in [0.2, 0.25) is 0 Å². The fourth-order valence-electron chi connectivity index (χ4n) is 8.27. The van der Waals surface area contributed by atoms with Gasteiger partial charge < -0.3 is 8.98 Å². The molecule has 0 aliphatic rings. The summed E-state index contributed by atoms with van der Waals surface area (Å²) < 4.78 is 11.0. The number of rotatable bonds is 6. The van der Waals surface area contributed by atoms with Gasteiger partial charge in [-0.1, -0.05) is 127 Å². The zero-order valence-electron chi connectivity index (χ0n) is 31.5. The Hall–Kier alpha value is -7.74. The van der Waals surface area contributed by atoms with Crippen molar-refractivity contribution in [3.8, 4) is 62.4 Å². The molecule has 276 valence electrons. The van der Waals surface area contributed by atoms with E-state index in [1.807, 2.05) is 42.5 Å². The normalized spacial score (nSPS) is 11.7. The van der Waals surface area contributed by atoms with Crippen molar-refractivity contribution in [2.75, 3.05) is 0 Å². The third kappa shape index (κ3) is 5.62. The predicted octanol–water partition coefficient (Wildman–Crippen LogP) is 13.8. The van der Waals surface area contributed by atoms with Gasteiger partial charge in [-0.3, -0.25) is 0 Å². The van der Waals surface area contributed by atoms with Crippen LogP contribution in [0.5, 0.6) is 0 Å². The summed E-state index contributed by atoms with van der Waals surface area (Å²) in [6, 6.07) is 65.1. The monoisotopic (exact) mass is 773 g/mol. The molecule has 8 aromatic carbocycles. The fourth-order valence-corrected chi connectivity index (χ4v) is 9.46. The first-order chi connectivity index (χ1) is 29.2. The van der Waals surface area contributed by atoms with E-state index < -0.39 is 0 Å². The van der Waals surface area contributed by atoms with Gasteiger partial charge in [0.2, 0.25) is 5.89 Å². The molecule has 0 N–H and O–H groups in total. The first kappa shape index (κ1) is 33.4. The Balaban J connectivity index is 0.999. The van der Waals surface area contributed by atoms with Crippen molar-refractivity contribution in [1.29, 1.82) is 0 Å². The zero-order valence-corrected chi connectivity index (χ0v) is 32.3. The zero-order chi connectivity index (χ0) is 38.9.